The van der Waals surface area contributed by atoms with E-state index in [2.05, 4.69) is 18.7 Å². The molecule has 2 aliphatic heterocycles. The Morgan fingerprint density at radius 2 is 1.39 bits per heavy atom. The Morgan fingerprint density at radius 3 is 1.82 bits per heavy atom. The van der Waals surface area contributed by atoms with Gasteiger partial charge in [-0.3, -0.25) is 14.5 Å². The smallest absolute Gasteiger partial charge is 0.307 e. The Balaban J connectivity index is 2.02. The van der Waals surface area contributed by atoms with Gasteiger partial charge in [0.05, 0.1) is 12.5 Å². The van der Waals surface area contributed by atoms with Gasteiger partial charge in [0.2, 0.25) is 0 Å². The van der Waals surface area contributed by atoms with Crippen LogP contribution in [0.1, 0.15) is 33.1 Å². The summed E-state index contributed by atoms with van der Waals surface area (Å²) in [7, 11) is 7.54. The van der Waals surface area contributed by atoms with Gasteiger partial charge in [-0.25, -0.2) is 0 Å². The first-order valence-electron chi connectivity index (χ1n) is 9.78. The molecule has 0 radical (unpaired) electrons. The summed E-state index contributed by atoms with van der Waals surface area (Å²) in [4.78, 5) is 26.5. The largest absolute Gasteiger partial charge is 0.464 e. The zero-order valence-corrected chi connectivity index (χ0v) is 19.9. The summed E-state index contributed by atoms with van der Waals surface area (Å²) in [6, 6.07) is 0.706. The van der Waals surface area contributed by atoms with Crippen LogP contribution in [0.2, 0.25) is 0 Å². The fraction of sp³-hybridized carbons (Fsp3) is 0.889. The van der Waals surface area contributed by atoms with Gasteiger partial charge in [0, 0.05) is 48.1 Å². The van der Waals surface area contributed by atoms with E-state index >= 15 is 0 Å². The molecule has 2 rings (SSSR count). The number of hydrogen-bond donors (Lipinski definition) is 1. The summed E-state index contributed by atoms with van der Waals surface area (Å²) < 4.78 is 11.1. The number of carbonyl (C=O) groups excluding carboxylic acids is 2. The van der Waals surface area contributed by atoms with Crippen molar-refractivity contribution in [2.75, 3.05) is 42.8 Å². The molecule has 2 heterocycles. The normalized spacial score (nSPS) is 19.5. The molecule has 28 heavy (non-hydrogen) atoms. The first kappa shape index (κ1) is 24.5. The molecule has 1 atom stereocenters. The Morgan fingerprint density at radius 1 is 0.929 bits per heavy atom. The molecule has 1 unspecified atom stereocenters. The van der Waals surface area contributed by atoms with E-state index in [9.17, 15) is 9.59 Å². The van der Waals surface area contributed by atoms with Gasteiger partial charge in [0.1, 0.15) is 13.2 Å². The lowest BCUT2D eigenvalue weighted by atomic mass is 10.1. The molecule has 2 aliphatic rings. The quantitative estimate of drug-likeness (QED) is 0.341. The van der Waals surface area contributed by atoms with Crippen LogP contribution in [0.25, 0.3) is 0 Å². The molecular formula is C18H32N2O4S4. The molecule has 0 aromatic carbocycles. The fourth-order valence-corrected chi connectivity index (χ4v) is 8.62. The number of ether oxygens (including phenoxy) is 2. The number of esters is 2. The van der Waals surface area contributed by atoms with Gasteiger partial charge >= 0.3 is 11.9 Å². The van der Waals surface area contributed by atoms with Crippen molar-refractivity contribution in [2.24, 2.45) is 11.7 Å². The topological polar surface area (TPSA) is 81.9 Å². The third kappa shape index (κ3) is 8.55. The Bertz CT molecular complexity index is 470. The van der Waals surface area contributed by atoms with E-state index in [1.165, 1.54) is 0 Å². The van der Waals surface area contributed by atoms with Crippen molar-refractivity contribution < 1.29 is 19.1 Å². The van der Waals surface area contributed by atoms with Gasteiger partial charge < -0.3 is 15.2 Å². The lowest BCUT2D eigenvalue weighted by Crippen LogP contribution is -2.55. The number of carbonyl (C=O) groups is 2. The molecule has 0 spiro atoms. The van der Waals surface area contributed by atoms with Crippen LogP contribution < -0.4 is 5.73 Å². The maximum absolute atomic E-state index is 12.2. The molecule has 2 N–H and O–H groups in total. The molecule has 10 heteroatoms. The average molecular weight is 469 g/mol. The molecule has 0 bridgehead atoms. The zero-order chi connectivity index (χ0) is 20.4. The van der Waals surface area contributed by atoms with Crippen LogP contribution in [0.5, 0.6) is 0 Å². The minimum absolute atomic E-state index is 0.113. The number of nitrogens with two attached hydrogens (primary N) is 1. The fourth-order valence-electron chi connectivity index (χ4n) is 3.11. The molecule has 2 fully saturated rings. The maximum Gasteiger partial charge on any atom is 0.307 e. The second-order valence-electron chi connectivity index (χ2n) is 7.38. The molecule has 0 aromatic heterocycles. The van der Waals surface area contributed by atoms with E-state index in [-0.39, 0.29) is 44.2 Å². The molecule has 0 amide bonds. The summed E-state index contributed by atoms with van der Waals surface area (Å²) in [5.41, 5.74) is 5.46. The first-order valence-corrected chi connectivity index (χ1v) is 14.8. The first-order chi connectivity index (χ1) is 13.5. The van der Waals surface area contributed by atoms with Crippen molar-refractivity contribution in [2.45, 2.75) is 51.2 Å². The van der Waals surface area contributed by atoms with Crippen molar-refractivity contribution in [1.82, 2.24) is 4.90 Å². The molecule has 6 nitrogen and oxygen atoms in total. The van der Waals surface area contributed by atoms with Crippen LogP contribution in [0.15, 0.2) is 0 Å². The second kappa shape index (κ2) is 13.5. The summed E-state index contributed by atoms with van der Waals surface area (Å²) in [6.07, 6.45) is 1.47. The van der Waals surface area contributed by atoms with Crippen LogP contribution >= 0.6 is 43.2 Å². The average Bonchev–Trinajstić information content (AvgIpc) is 3.36. The summed E-state index contributed by atoms with van der Waals surface area (Å²) >= 11 is 0. The molecular weight excluding hydrogens is 436 g/mol. The van der Waals surface area contributed by atoms with Gasteiger partial charge in [-0.15, -0.1) is 0 Å². The summed E-state index contributed by atoms with van der Waals surface area (Å²) in [5.74, 6) is 4.20. The summed E-state index contributed by atoms with van der Waals surface area (Å²) in [6.45, 7) is 4.99. The van der Waals surface area contributed by atoms with Crippen molar-refractivity contribution in [1.29, 1.82) is 0 Å². The van der Waals surface area contributed by atoms with Crippen LogP contribution in [-0.2, 0) is 19.1 Å². The van der Waals surface area contributed by atoms with Crippen molar-refractivity contribution in [3.63, 3.8) is 0 Å². The lowest BCUT2D eigenvalue weighted by molar-refractivity contribution is -0.151. The number of nitrogens with zero attached hydrogens (tertiary/aromatic N) is 1. The minimum atomic E-state index is -0.288. The van der Waals surface area contributed by atoms with E-state index in [1.54, 1.807) is 0 Å². The van der Waals surface area contributed by atoms with Gasteiger partial charge in [-0.1, -0.05) is 57.0 Å². The predicted octanol–water partition coefficient (Wildman–Crippen LogP) is 3.06. The molecule has 0 saturated carbocycles. The van der Waals surface area contributed by atoms with Gasteiger partial charge in [-0.05, 0) is 12.3 Å². The van der Waals surface area contributed by atoms with Crippen LogP contribution in [0, 0.1) is 5.92 Å². The number of hydrogen-bond acceptors (Lipinski definition) is 10. The van der Waals surface area contributed by atoms with E-state index in [0.717, 1.165) is 29.4 Å². The lowest BCUT2D eigenvalue weighted by Gasteiger charge is -2.39. The van der Waals surface area contributed by atoms with E-state index < -0.39 is 0 Å². The second-order valence-corrected chi connectivity index (χ2v) is 12.5. The van der Waals surface area contributed by atoms with Crippen LogP contribution in [-0.4, -0.2) is 77.7 Å². The van der Waals surface area contributed by atoms with Gasteiger partial charge in [0.15, 0.2) is 0 Å². The standard InChI is InChI=1S/C18H32N2O4S4/c1-13(2)3-4-17(21)23-7-14(8-24-18(22)5-6-19)20(15-9-25-26-10-15)16-11-27-28-12-16/h13-16H,3-12,19H2,1-2H3. The minimum Gasteiger partial charge on any atom is -0.464 e. The monoisotopic (exact) mass is 468 g/mol. The van der Waals surface area contributed by atoms with Crippen molar-refractivity contribution in [3.05, 3.63) is 0 Å². The highest BCUT2D eigenvalue weighted by atomic mass is 33.1. The van der Waals surface area contributed by atoms with Crippen LogP contribution in [0.3, 0.4) is 0 Å². The third-order valence-corrected chi connectivity index (χ3v) is 9.67. The molecule has 0 aromatic rings. The van der Waals surface area contributed by atoms with E-state index in [4.69, 9.17) is 15.2 Å². The Hall–Kier alpha value is 0.260. The molecule has 162 valence electrons. The number of rotatable bonds is 12. The summed E-state index contributed by atoms with van der Waals surface area (Å²) in [5, 5.41) is 0. The highest BCUT2D eigenvalue weighted by Crippen LogP contribution is 2.39. The Kier molecular flexibility index (Phi) is 11.9. The van der Waals surface area contributed by atoms with Crippen LogP contribution in [0.4, 0.5) is 0 Å². The maximum atomic E-state index is 12.2. The SMILES string of the molecule is CC(C)CCC(=O)OCC(COC(=O)CCN)N(C1CSSC1)C1CSSC1. The van der Waals surface area contributed by atoms with E-state index in [1.807, 2.05) is 43.2 Å². The highest BCUT2D eigenvalue weighted by Gasteiger charge is 2.38. The Labute approximate surface area is 184 Å². The molecule has 2 saturated heterocycles. The van der Waals surface area contributed by atoms with Gasteiger partial charge in [-0.2, -0.15) is 0 Å². The zero-order valence-electron chi connectivity index (χ0n) is 16.7. The van der Waals surface area contributed by atoms with Crippen molar-refractivity contribution in [3.8, 4) is 0 Å². The molecule has 0 aliphatic carbocycles. The van der Waals surface area contributed by atoms with Gasteiger partial charge in [0.25, 0.3) is 0 Å². The third-order valence-electron chi connectivity index (χ3n) is 4.62. The van der Waals surface area contributed by atoms with Crippen molar-refractivity contribution >= 4 is 55.1 Å². The highest BCUT2D eigenvalue weighted by molar-refractivity contribution is 8.77. The van der Waals surface area contributed by atoms with E-state index in [0.29, 0.717) is 24.4 Å². The predicted molar refractivity (Wildman–Crippen MR) is 123 cm³/mol.